The van der Waals surface area contributed by atoms with E-state index in [1.807, 2.05) is 30.3 Å². The standard InChI is InChI=1S/C25H27ClN2O4S/c26-23-12-14-24(15-13-23)33(31,32)28(17-4-7-20-5-2-1-3-6-20)19-21-8-10-22(11-9-21)25(30)27-16-18-29/h1-3,5-6,8-15,29H,4,7,16-19H2,(H,27,30). The van der Waals surface area contributed by atoms with Crippen LogP contribution in [0.4, 0.5) is 0 Å². The van der Waals surface area contributed by atoms with Gasteiger partial charge in [-0.3, -0.25) is 4.79 Å². The Kier molecular flexibility index (Phi) is 9.03. The molecule has 0 aliphatic rings. The van der Waals surface area contributed by atoms with Gasteiger partial charge in [-0.1, -0.05) is 54.1 Å². The van der Waals surface area contributed by atoms with E-state index in [0.29, 0.717) is 23.6 Å². The number of halogens is 1. The summed E-state index contributed by atoms with van der Waals surface area (Å²) in [5.41, 5.74) is 2.37. The third-order valence-corrected chi connectivity index (χ3v) is 7.25. The number of hydrogen-bond donors (Lipinski definition) is 2. The van der Waals surface area contributed by atoms with Crippen LogP contribution in [-0.2, 0) is 23.0 Å². The molecule has 33 heavy (non-hydrogen) atoms. The van der Waals surface area contributed by atoms with Crippen LogP contribution in [-0.4, -0.2) is 43.4 Å². The van der Waals surface area contributed by atoms with E-state index in [2.05, 4.69) is 5.32 Å². The fourth-order valence-electron chi connectivity index (χ4n) is 3.38. The predicted molar refractivity (Wildman–Crippen MR) is 130 cm³/mol. The Hall–Kier alpha value is -2.71. The number of nitrogens with one attached hydrogen (secondary N) is 1. The van der Waals surface area contributed by atoms with Crippen molar-refractivity contribution >= 4 is 27.5 Å². The van der Waals surface area contributed by atoms with Gasteiger partial charge in [0.15, 0.2) is 0 Å². The van der Waals surface area contributed by atoms with Crippen molar-refractivity contribution < 1.29 is 18.3 Å². The molecule has 8 heteroatoms. The highest BCUT2D eigenvalue weighted by Crippen LogP contribution is 2.21. The summed E-state index contributed by atoms with van der Waals surface area (Å²) in [7, 11) is -3.74. The molecule has 3 aromatic carbocycles. The maximum absolute atomic E-state index is 13.4. The van der Waals surface area contributed by atoms with Gasteiger partial charge in [-0.2, -0.15) is 4.31 Å². The monoisotopic (exact) mass is 486 g/mol. The molecular formula is C25H27ClN2O4S. The molecule has 0 bridgehead atoms. The van der Waals surface area contributed by atoms with Gasteiger partial charge in [-0.25, -0.2) is 8.42 Å². The number of amides is 1. The average Bonchev–Trinajstić information content (AvgIpc) is 2.83. The van der Waals surface area contributed by atoms with Gasteiger partial charge >= 0.3 is 0 Å². The van der Waals surface area contributed by atoms with Crippen LogP contribution in [0.15, 0.2) is 83.8 Å². The van der Waals surface area contributed by atoms with Gasteiger partial charge in [-0.05, 0) is 60.4 Å². The lowest BCUT2D eigenvalue weighted by molar-refractivity contribution is 0.0944. The highest BCUT2D eigenvalue weighted by molar-refractivity contribution is 7.89. The molecule has 3 aromatic rings. The Balaban J connectivity index is 1.77. The zero-order chi connectivity index (χ0) is 23.7. The number of sulfonamides is 1. The first kappa shape index (κ1) is 24.9. The average molecular weight is 487 g/mol. The largest absolute Gasteiger partial charge is 0.395 e. The molecule has 6 nitrogen and oxygen atoms in total. The summed E-state index contributed by atoms with van der Waals surface area (Å²) in [6, 6.07) is 22.9. The van der Waals surface area contributed by atoms with Crippen molar-refractivity contribution in [3.63, 3.8) is 0 Å². The van der Waals surface area contributed by atoms with Crippen LogP contribution in [0.2, 0.25) is 5.02 Å². The Morgan fingerprint density at radius 1 is 0.909 bits per heavy atom. The third-order valence-electron chi connectivity index (χ3n) is 5.14. The van der Waals surface area contributed by atoms with Gasteiger partial charge < -0.3 is 10.4 Å². The second kappa shape index (κ2) is 12.0. The van der Waals surface area contributed by atoms with Gasteiger partial charge in [0.05, 0.1) is 11.5 Å². The molecule has 0 atom stereocenters. The molecule has 1 amide bonds. The van der Waals surface area contributed by atoms with Crippen molar-refractivity contribution in [1.82, 2.24) is 9.62 Å². The molecule has 0 spiro atoms. The molecule has 0 aliphatic heterocycles. The molecule has 0 saturated carbocycles. The molecule has 0 unspecified atom stereocenters. The number of aliphatic hydroxyl groups excluding tert-OH is 1. The summed E-state index contributed by atoms with van der Waals surface area (Å²) in [5, 5.41) is 11.9. The van der Waals surface area contributed by atoms with Crippen LogP contribution in [0.25, 0.3) is 0 Å². The highest BCUT2D eigenvalue weighted by atomic mass is 35.5. The molecule has 0 aromatic heterocycles. The number of carbonyl (C=O) groups excluding carboxylic acids is 1. The Morgan fingerprint density at radius 3 is 2.21 bits per heavy atom. The van der Waals surface area contributed by atoms with Crippen molar-refractivity contribution in [1.29, 1.82) is 0 Å². The molecule has 3 rings (SSSR count). The van der Waals surface area contributed by atoms with Gasteiger partial charge in [0.2, 0.25) is 10.0 Å². The Bertz CT molecular complexity index is 1140. The van der Waals surface area contributed by atoms with Gasteiger partial charge in [-0.15, -0.1) is 0 Å². The minimum Gasteiger partial charge on any atom is -0.395 e. The molecule has 0 heterocycles. The van der Waals surface area contributed by atoms with Crippen LogP contribution in [0.1, 0.15) is 27.9 Å². The Morgan fingerprint density at radius 2 is 1.58 bits per heavy atom. The van der Waals surface area contributed by atoms with Gasteiger partial charge in [0.25, 0.3) is 5.91 Å². The van der Waals surface area contributed by atoms with Crippen LogP contribution >= 0.6 is 11.6 Å². The minimum absolute atomic E-state index is 0.135. The van der Waals surface area contributed by atoms with Crippen LogP contribution in [0.3, 0.4) is 0 Å². The number of nitrogens with zero attached hydrogens (tertiary/aromatic N) is 1. The zero-order valence-electron chi connectivity index (χ0n) is 18.2. The summed E-state index contributed by atoms with van der Waals surface area (Å²) >= 11 is 5.94. The van der Waals surface area contributed by atoms with E-state index in [4.69, 9.17) is 16.7 Å². The van der Waals surface area contributed by atoms with Crippen molar-refractivity contribution in [2.75, 3.05) is 19.7 Å². The van der Waals surface area contributed by atoms with Crippen molar-refractivity contribution in [3.8, 4) is 0 Å². The molecular weight excluding hydrogens is 460 g/mol. The third kappa shape index (κ3) is 7.14. The van der Waals surface area contributed by atoms with E-state index in [1.165, 1.54) is 16.4 Å². The first-order valence-corrected chi connectivity index (χ1v) is 12.5. The van der Waals surface area contributed by atoms with E-state index in [0.717, 1.165) is 17.5 Å². The summed E-state index contributed by atoms with van der Waals surface area (Å²) in [4.78, 5) is 12.2. The van der Waals surface area contributed by atoms with Crippen molar-refractivity contribution in [3.05, 3.63) is 101 Å². The van der Waals surface area contributed by atoms with E-state index >= 15 is 0 Å². The van der Waals surface area contributed by atoms with Crippen molar-refractivity contribution in [2.45, 2.75) is 24.3 Å². The molecule has 0 fully saturated rings. The van der Waals surface area contributed by atoms with E-state index < -0.39 is 10.0 Å². The fourth-order valence-corrected chi connectivity index (χ4v) is 4.97. The summed E-state index contributed by atoms with van der Waals surface area (Å²) in [5.74, 6) is -0.288. The maximum atomic E-state index is 13.4. The second-order valence-corrected chi connectivity index (χ2v) is 9.93. The van der Waals surface area contributed by atoms with Gasteiger partial charge in [0, 0.05) is 30.2 Å². The topological polar surface area (TPSA) is 86.7 Å². The number of aliphatic hydroxyl groups is 1. The summed E-state index contributed by atoms with van der Waals surface area (Å²) < 4.78 is 28.2. The van der Waals surface area contributed by atoms with Crippen molar-refractivity contribution in [2.24, 2.45) is 0 Å². The molecule has 2 N–H and O–H groups in total. The number of aryl methyl sites for hydroxylation is 1. The molecule has 174 valence electrons. The van der Waals surface area contributed by atoms with E-state index in [-0.39, 0.29) is 30.5 Å². The smallest absolute Gasteiger partial charge is 0.251 e. The first-order chi connectivity index (χ1) is 15.9. The minimum atomic E-state index is -3.74. The SMILES string of the molecule is O=C(NCCO)c1ccc(CN(CCCc2ccccc2)S(=O)(=O)c2ccc(Cl)cc2)cc1. The summed E-state index contributed by atoms with van der Waals surface area (Å²) in [6.45, 7) is 0.566. The van der Waals surface area contributed by atoms with Crippen LogP contribution < -0.4 is 5.32 Å². The van der Waals surface area contributed by atoms with Crippen LogP contribution in [0, 0.1) is 0 Å². The van der Waals surface area contributed by atoms with E-state index in [1.54, 1.807) is 36.4 Å². The highest BCUT2D eigenvalue weighted by Gasteiger charge is 2.24. The maximum Gasteiger partial charge on any atom is 0.251 e. The lowest BCUT2D eigenvalue weighted by atomic mass is 10.1. The first-order valence-electron chi connectivity index (χ1n) is 10.7. The number of hydrogen-bond acceptors (Lipinski definition) is 4. The number of carbonyl (C=O) groups is 1. The van der Waals surface area contributed by atoms with Gasteiger partial charge in [0.1, 0.15) is 0 Å². The van der Waals surface area contributed by atoms with Crippen LogP contribution in [0.5, 0.6) is 0 Å². The fraction of sp³-hybridized carbons (Fsp3) is 0.240. The Labute approximate surface area is 199 Å². The second-order valence-electron chi connectivity index (χ2n) is 7.56. The number of benzene rings is 3. The molecule has 0 aliphatic carbocycles. The molecule has 0 radical (unpaired) electrons. The lowest BCUT2D eigenvalue weighted by Crippen LogP contribution is -2.32. The normalized spacial score (nSPS) is 11.5. The predicted octanol–water partition coefficient (Wildman–Crippen LogP) is 3.89. The number of rotatable bonds is 11. The lowest BCUT2D eigenvalue weighted by Gasteiger charge is -2.23. The van der Waals surface area contributed by atoms with E-state index in [9.17, 15) is 13.2 Å². The molecule has 0 saturated heterocycles. The quantitative estimate of drug-likeness (QED) is 0.430. The summed E-state index contributed by atoms with van der Waals surface area (Å²) in [6.07, 6.45) is 1.43. The zero-order valence-corrected chi connectivity index (χ0v) is 19.7.